The van der Waals surface area contributed by atoms with Gasteiger partial charge in [-0.3, -0.25) is 4.79 Å². The molecule has 1 rings (SSSR count). The Labute approximate surface area is 115 Å². The molecular formula is C14H26N2O3. The van der Waals surface area contributed by atoms with E-state index in [1.807, 2.05) is 11.8 Å². The van der Waals surface area contributed by atoms with Gasteiger partial charge >= 0.3 is 12.0 Å². The fourth-order valence-corrected chi connectivity index (χ4v) is 2.76. The summed E-state index contributed by atoms with van der Waals surface area (Å²) in [6, 6.07) is 0.0145. The Morgan fingerprint density at radius 2 is 1.89 bits per heavy atom. The van der Waals surface area contributed by atoms with Crippen LogP contribution in [0.25, 0.3) is 0 Å². The molecule has 1 aliphatic heterocycles. The molecule has 1 heterocycles. The fourth-order valence-electron chi connectivity index (χ4n) is 2.76. The summed E-state index contributed by atoms with van der Waals surface area (Å²) in [7, 11) is 0. The molecule has 110 valence electrons. The van der Waals surface area contributed by atoms with Gasteiger partial charge in [0.1, 0.15) is 0 Å². The average molecular weight is 270 g/mol. The largest absolute Gasteiger partial charge is 0.481 e. The number of carbonyl (C=O) groups is 2. The van der Waals surface area contributed by atoms with Gasteiger partial charge in [-0.1, -0.05) is 13.8 Å². The van der Waals surface area contributed by atoms with Gasteiger partial charge in [-0.25, -0.2) is 4.79 Å². The van der Waals surface area contributed by atoms with Gasteiger partial charge in [-0.05, 0) is 38.0 Å². The zero-order valence-electron chi connectivity index (χ0n) is 12.2. The Bertz CT molecular complexity index is 310. The van der Waals surface area contributed by atoms with Crippen molar-refractivity contribution in [2.45, 2.75) is 52.5 Å². The van der Waals surface area contributed by atoms with Gasteiger partial charge in [0.25, 0.3) is 0 Å². The average Bonchev–Trinajstić information content (AvgIpc) is 2.26. The predicted molar refractivity (Wildman–Crippen MR) is 74.0 cm³/mol. The Morgan fingerprint density at radius 3 is 2.42 bits per heavy atom. The molecule has 1 saturated heterocycles. The number of carbonyl (C=O) groups excluding carboxylic acids is 1. The first-order chi connectivity index (χ1) is 8.88. The number of nitrogens with zero attached hydrogens (tertiary/aromatic N) is 1. The number of likely N-dealkylation sites (tertiary alicyclic amines) is 1. The second kappa shape index (κ2) is 7.36. The molecule has 5 heteroatoms. The lowest BCUT2D eigenvalue weighted by Crippen LogP contribution is -2.49. The summed E-state index contributed by atoms with van der Waals surface area (Å²) in [5.41, 5.74) is 0. The molecule has 2 N–H and O–H groups in total. The number of hydrogen-bond donors (Lipinski definition) is 2. The summed E-state index contributed by atoms with van der Waals surface area (Å²) in [4.78, 5) is 24.4. The van der Waals surface area contributed by atoms with Crippen LogP contribution in [0.3, 0.4) is 0 Å². The number of hydrogen-bond acceptors (Lipinski definition) is 2. The number of urea groups is 1. The molecule has 0 spiro atoms. The van der Waals surface area contributed by atoms with E-state index in [1.54, 1.807) is 0 Å². The Morgan fingerprint density at radius 1 is 1.32 bits per heavy atom. The zero-order valence-corrected chi connectivity index (χ0v) is 12.2. The van der Waals surface area contributed by atoms with Crippen molar-refractivity contribution in [2.24, 2.45) is 11.8 Å². The van der Waals surface area contributed by atoms with Crippen LogP contribution in [0.1, 0.15) is 46.5 Å². The van der Waals surface area contributed by atoms with Gasteiger partial charge in [0.05, 0.1) is 0 Å². The number of aliphatic carboxylic acids is 1. The lowest BCUT2D eigenvalue weighted by atomic mass is 9.92. The highest BCUT2D eigenvalue weighted by Crippen LogP contribution is 2.20. The zero-order chi connectivity index (χ0) is 14.4. The molecule has 1 aliphatic rings. The molecule has 0 aromatic rings. The highest BCUT2D eigenvalue weighted by Gasteiger charge is 2.25. The van der Waals surface area contributed by atoms with Crippen molar-refractivity contribution < 1.29 is 14.7 Å². The van der Waals surface area contributed by atoms with Crippen LogP contribution in [-0.4, -0.2) is 41.1 Å². The number of rotatable bonds is 5. The lowest BCUT2D eigenvalue weighted by molar-refractivity contribution is -0.137. The van der Waals surface area contributed by atoms with Crippen LogP contribution < -0.4 is 5.32 Å². The van der Waals surface area contributed by atoms with E-state index in [0.29, 0.717) is 24.7 Å². The highest BCUT2D eigenvalue weighted by molar-refractivity contribution is 5.74. The van der Waals surface area contributed by atoms with E-state index < -0.39 is 5.97 Å². The highest BCUT2D eigenvalue weighted by atomic mass is 16.4. The summed E-state index contributed by atoms with van der Waals surface area (Å²) < 4.78 is 0. The summed E-state index contributed by atoms with van der Waals surface area (Å²) in [5.74, 6) is 0.325. The maximum atomic E-state index is 12.1. The van der Waals surface area contributed by atoms with E-state index in [0.717, 1.165) is 13.1 Å². The van der Waals surface area contributed by atoms with Crippen LogP contribution in [0.2, 0.25) is 0 Å². The number of amides is 2. The van der Waals surface area contributed by atoms with Crippen LogP contribution >= 0.6 is 0 Å². The normalized spacial score (nSPS) is 24.9. The van der Waals surface area contributed by atoms with Crippen LogP contribution in [-0.2, 0) is 4.79 Å². The molecule has 3 unspecified atom stereocenters. The van der Waals surface area contributed by atoms with Gasteiger partial charge in [-0.2, -0.15) is 0 Å². The van der Waals surface area contributed by atoms with Crippen molar-refractivity contribution in [1.29, 1.82) is 0 Å². The molecule has 5 nitrogen and oxygen atoms in total. The molecule has 2 amide bonds. The monoisotopic (exact) mass is 270 g/mol. The third-order valence-electron chi connectivity index (χ3n) is 3.55. The Balaban J connectivity index is 2.31. The Kier molecular flexibility index (Phi) is 6.12. The predicted octanol–water partition coefficient (Wildman–Crippen LogP) is 2.32. The van der Waals surface area contributed by atoms with Crippen molar-refractivity contribution in [2.75, 3.05) is 13.1 Å². The van der Waals surface area contributed by atoms with Gasteiger partial charge < -0.3 is 15.3 Å². The van der Waals surface area contributed by atoms with Crippen molar-refractivity contribution >= 4 is 12.0 Å². The SMILES string of the molecule is CC1CC(C)CN(C(=O)NC(C)CCCC(=O)O)C1. The summed E-state index contributed by atoms with van der Waals surface area (Å²) in [5, 5.41) is 11.5. The van der Waals surface area contributed by atoms with Crippen LogP contribution in [0.4, 0.5) is 4.79 Å². The van der Waals surface area contributed by atoms with E-state index in [2.05, 4.69) is 19.2 Å². The third-order valence-corrected chi connectivity index (χ3v) is 3.55. The molecule has 0 aliphatic carbocycles. The van der Waals surface area contributed by atoms with Crippen molar-refractivity contribution in [3.63, 3.8) is 0 Å². The molecule has 1 fully saturated rings. The van der Waals surface area contributed by atoms with Crippen LogP contribution in [0, 0.1) is 11.8 Å². The minimum atomic E-state index is -0.780. The van der Waals surface area contributed by atoms with Gasteiger partial charge in [-0.15, -0.1) is 0 Å². The summed E-state index contributed by atoms with van der Waals surface area (Å²) in [6.45, 7) is 7.91. The molecule has 0 saturated carbocycles. The first-order valence-corrected chi connectivity index (χ1v) is 7.15. The maximum Gasteiger partial charge on any atom is 0.317 e. The van der Waals surface area contributed by atoms with Crippen molar-refractivity contribution in [3.05, 3.63) is 0 Å². The van der Waals surface area contributed by atoms with Crippen molar-refractivity contribution in [3.8, 4) is 0 Å². The second-order valence-electron chi connectivity index (χ2n) is 5.99. The number of carboxylic acid groups (broad SMARTS) is 1. The van der Waals surface area contributed by atoms with E-state index in [-0.39, 0.29) is 18.5 Å². The molecule has 0 bridgehead atoms. The van der Waals surface area contributed by atoms with E-state index in [1.165, 1.54) is 6.42 Å². The summed E-state index contributed by atoms with van der Waals surface area (Å²) in [6.07, 6.45) is 2.65. The maximum absolute atomic E-state index is 12.1. The molecule has 0 radical (unpaired) electrons. The first kappa shape index (κ1) is 15.8. The van der Waals surface area contributed by atoms with Crippen LogP contribution in [0.5, 0.6) is 0 Å². The Hall–Kier alpha value is -1.26. The third kappa shape index (κ3) is 5.94. The minimum absolute atomic E-state index is 0.0128. The smallest absolute Gasteiger partial charge is 0.317 e. The second-order valence-corrected chi connectivity index (χ2v) is 5.99. The molecular weight excluding hydrogens is 244 g/mol. The van der Waals surface area contributed by atoms with E-state index >= 15 is 0 Å². The molecule has 19 heavy (non-hydrogen) atoms. The summed E-state index contributed by atoms with van der Waals surface area (Å²) >= 11 is 0. The topological polar surface area (TPSA) is 69.6 Å². The van der Waals surface area contributed by atoms with Gasteiger partial charge in [0, 0.05) is 25.6 Å². The van der Waals surface area contributed by atoms with Gasteiger partial charge in [0.15, 0.2) is 0 Å². The van der Waals surface area contributed by atoms with E-state index in [4.69, 9.17) is 5.11 Å². The number of nitrogens with one attached hydrogen (secondary N) is 1. The molecule has 0 aromatic carbocycles. The standard InChI is InChI=1S/C14H26N2O3/c1-10-7-11(2)9-16(8-10)14(19)15-12(3)5-4-6-13(17)18/h10-12H,4-9H2,1-3H3,(H,15,19)(H,17,18). The number of carboxylic acids is 1. The van der Waals surface area contributed by atoms with E-state index in [9.17, 15) is 9.59 Å². The number of piperidine rings is 1. The first-order valence-electron chi connectivity index (χ1n) is 7.15. The lowest BCUT2D eigenvalue weighted by Gasteiger charge is -2.35. The van der Waals surface area contributed by atoms with Gasteiger partial charge in [0.2, 0.25) is 0 Å². The molecule has 0 aromatic heterocycles. The fraction of sp³-hybridized carbons (Fsp3) is 0.857. The van der Waals surface area contributed by atoms with Crippen LogP contribution in [0.15, 0.2) is 0 Å². The minimum Gasteiger partial charge on any atom is -0.481 e. The quantitative estimate of drug-likeness (QED) is 0.805. The van der Waals surface area contributed by atoms with Crippen molar-refractivity contribution in [1.82, 2.24) is 10.2 Å². The molecule has 3 atom stereocenters.